The lowest BCUT2D eigenvalue weighted by molar-refractivity contribution is 0.112. The fourth-order valence-corrected chi connectivity index (χ4v) is 2.01. The second-order valence-electron chi connectivity index (χ2n) is 4.11. The van der Waals surface area contributed by atoms with Gasteiger partial charge in [0.1, 0.15) is 18.6 Å². The highest BCUT2D eigenvalue weighted by Crippen LogP contribution is 2.34. The molecule has 4 nitrogen and oxygen atoms in total. The molecule has 0 fully saturated rings. The number of nitrogens with zero attached hydrogens (tertiary/aromatic N) is 2. The van der Waals surface area contributed by atoms with Crippen LogP contribution in [0.4, 0.5) is 5.69 Å². The third kappa shape index (κ3) is 2.23. The topological polar surface area (TPSA) is 53.3 Å². The van der Waals surface area contributed by atoms with E-state index in [1.807, 2.05) is 6.07 Å². The summed E-state index contributed by atoms with van der Waals surface area (Å²) < 4.78 is 5.60. The van der Waals surface area contributed by atoms with Crippen LogP contribution in [0.2, 0.25) is 0 Å². The van der Waals surface area contributed by atoms with Crippen molar-refractivity contribution in [2.75, 3.05) is 18.1 Å². The lowest BCUT2D eigenvalue weighted by Crippen LogP contribution is -2.41. The Kier molecular flexibility index (Phi) is 3.29. The van der Waals surface area contributed by atoms with E-state index in [0.717, 1.165) is 17.7 Å². The van der Waals surface area contributed by atoms with Crippen LogP contribution in [0.5, 0.6) is 5.75 Å². The molecule has 1 aromatic carbocycles. The van der Waals surface area contributed by atoms with Crippen molar-refractivity contribution in [1.82, 2.24) is 0 Å². The lowest BCUT2D eigenvalue weighted by Gasteiger charge is -2.36. The lowest BCUT2D eigenvalue weighted by atomic mass is 10.1. The quantitative estimate of drug-likeness (QED) is 0.745. The maximum atomic E-state index is 10.7. The molecule has 0 aromatic heterocycles. The van der Waals surface area contributed by atoms with Gasteiger partial charge in [0.15, 0.2) is 0 Å². The van der Waals surface area contributed by atoms with Gasteiger partial charge in [-0.1, -0.05) is 0 Å². The number of ether oxygens (including phenoxy) is 1. The van der Waals surface area contributed by atoms with E-state index in [4.69, 9.17) is 10.00 Å². The first-order valence-corrected chi connectivity index (χ1v) is 5.62. The predicted molar refractivity (Wildman–Crippen MR) is 64.4 cm³/mol. The summed E-state index contributed by atoms with van der Waals surface area (Å²) in [6.45, 7) is 3.34. The Morgan fingerprint density at radius 3 is 3.18 bits per heavy atom. The van der Waals surface area contributed by atoms with Gasteiger partial charge < -0.3 is 9.64 Å². The number of anilines is 1. The zero-order valence-corrected chi connectivity index (χ0v) is 9.72. The van der Waals surface area contributed by atoms with Crippen molar-refractivity contribution in [3.8, 4) is 11.8 Å². The number of carbonyl (C=O) groups excluding carboxylic acids is 1. The average molecular weight is 230 g/mol. The van der Waals surface area contributed by atoms with Crippen LogP contribution in [0.3, 0.4) is 0 Å². The van der Waals surface area contributed by atoms with Gasteiger partial charge >= 0.3 is 0 Å². The SMILES string of the molecule is CC1COc2cc(C=O)ccc2N1CCC#N. The molecule has 88 valence electrons. The van der Waals surface area contributed by atoms with Gasteiger partial charge in [0.05, 0.1) is 24.2 Å². The summed E-state index contributed by atoms with van der Waals surface area (Å²) in [7, 11) is 0. The molecule has 1 aliphatic heterocycles. The molecule has 2 rings (SSSR count). The van der Waals surface area contributed by atoms with Crippen molar-refractivity contribution < 1.29 is 9.53 Å². The monoisotopic (exact) mass is 230 g/mol. The number of aldehydes is 1. The van der Waals surface area contributed by atoms with Gasteiger partial charge in [-0.2, -0.15) is 5.26 Å². The zero-order valence-electron chi connectivity index (χ0n) is 9.72. The largest absolute Gasteiger partial charge is 0.489 e. The maximum absolute atomic E-state index is 10.7. The molecular formula is C13H14N2O2. The molecule has 0 N–H and O–H groups in total. The molecular weight excluding hydrogens is 216 g/mol. The van der Waals surface area contributed by atoms with Crippen molar-refractivity contribution >= 4 is 12.0 Å². The summed E-state index contributed by atoms with van der Waals surface area (Å²) in [5, 5.41) is 8.66. The summed E-state index contributed by atoms with van der Waals surface area (Å²) in [5.41, 5.74) is 1.57. The van der Waals surface area contributed by atoms with E-state index in [9.17, 15) is 4.79 Å². The fraction of sp³-hybridized carbons (Fsp3) is 0.385. The number of carbonyl (C=O) groups is 1. The molecule has 0 amide bonds. The van der Waals surface area contributed by atoms with Gasteiger partial charge in [0.25, 0.3) is 0 Å². The Morgan fingerprint density at radius 1 is 1.65 bits per heavy atom. The molecule has 1 aliphatic rings. The molecule has 1 atom stereocenters. The van der Waals surface area contributed by atoms with E-state index >= 15 is 0 Å². The van der Waals surface area contributed by atoms with Crippen LogP contribution in [0.25, 0.3) is 0 Å². The summed E-state index contributed by atoms with van der Waals surface area (Å²) in [6, 6.07) is 7.79. The van der Waals surface area contributed by atoms with E-state index in [2.05, 4.69) is 17.9 Å². The Bertz CT molecular complexity index is 465. The second kappa shape index (κ2) is 4.88. The Balaban J connectivity index is 2.31. The van der Waals surface area contributed by atoms with E-state index in [1.165, 1.54) is 0 Å². The van der Waals surface area contributed by atoms with Crippen LogP contribution < -0.4 is 9.64 Å². The Labute approximate surface area is 100 Å². The molecule has 0 spiro atoms. The maximum Gasteiger partial charge on any atom is 0.150 e. The zero-order chi connectivity index (χ0) is 12.3. The third-order valence-electron chi connectivity index (χ3n) is 2.91. The number of fused-ring (bicyclic) bond motifs is 1. The van der Waals surface area contributed by atoms with Crippen LogP contribution in [-0.2, 0) is 0 Å². The van der Waals surface area contributed by atoms with Gasteiger partial charge in [-0.05, 0) is 25.1 Å². The van der Waals surface area contributed by atoms with Crippen LogP contribution in [-0.4, -0.2) is 25.5 Å². The van der Waals surface area contributed by atoms with Crippen LogP contribution in [0.15, 0.2) is 18.2 Å². The summed E-state index contributed by atoms with van der Waals surface area (Å²) in [5.74, 6) is 0.727. The van der Waals surface area contributed by atoms with E-state index < -0.39 is 0 Å². The first-order valence-electron chi connectivity index (χ1n) is 5.62. The average Bonchev–Trinajstić information content (AvgIpc) is 2.37. The molecule has 0 aliphatic carbocycles. The van der Waals surface area contributed by atoms with Crippen molar-refractivity contribution in [2.24, 2.45) is 0 Å². The molecule has 0 radical (unpaired) electrons. The number of nitriles is 1. The molecule has 4 heteroatoms. The van der Waals surface area contributed by atoms with Crippen LogP contribution >= 0.6 is 0 Å². The standard InChI is InChI=1S/C13H14N2O2/c1-10-9-17-13-7-11(8-16)3-4-12(13)15(10)6-2-5-14/h3-4,7-8,10H,2,6,9H2,1H3. The van der Waals surface area contributed by atoms with Crippen molar-refractivity contribution in [3.63, 3.8) is 0 Å². The van der Waals surface area contributed by atoms with Crippen molar-refractivity contribution in [3.05, 3.63) is 23.8 Å². The molecule has 0 saturated heterocycles. The number of rotatable bonds is 3. The van der Waals surface area contributed by atoms with Crippen LogP contribution in [0, 0.1) is 11.3 Å². The number of benzene rings is 1. The molecule has 1 aromatic rings. The van der Waals surface area contributed by atoms with Gasteiger partial charge in [-0.25, -0.2) is 0 Å². The molecule has 0 saturated carbocycles. The number of hydrogen-bond acceptors (Lipinski definition) is 4. The summed E-state index contributed by atoms with van der Waals surface area (Å²) >= 11 is 0. The second-order valence-corrected chi connectivity index (χ2v) is 4.11. The van der Waals surface area contributed by atoms with Gasteiger partial charge in [-0.15, -0.1) is 0 Å². The van der Waals surface area contributed by atoms with Gasteiger partial charge in [0, 0.05) is 12.1 Å². The minimum absolute atomic E-state index is 0.248. The molecule has 1 unspecified atom stereocenters. The molecule has 17 heavy (non-hydrogen) atoms. The smallest absolute Gasteiger partial charge is 0.150 e. The van der Waals surface area contributed by atoms with Crippen molar-refractivity contribution in [2.45, 2.75) is 19.4 Å². The fourth-order valence-electron chi connectivity index (χ4n) is 2.01. The van der Waals surface area contributed by atoms with E-state index in [1.54, 1.807) is 12.1 Å². The minimum Gasteiger partial charge on any atom is -0.489 e. The van der Waals surface area contributed by atoms with Gasteiger partial charge in [0.2, 0.25) is 0 Å². The van der Waals surface area contributed by atoms with Crippen molar-refractivity contribution in [1.29, 1.82) is 5.26 Å². The highest BCUT2D eigenvalue weighted by atomic mass is 16.5. The van der Waals surface area contributed by atoms with E-state index in [0.29, 0.717) is 25.1 Å². The number of hydrogen-bond donors (Lipinski definition) is 0. The third-order valence-corrected chi connectivity index (χ3v) is 2.91. The summed E-state index contributed by atoms with van der Waals surface area (Å²) in [6.07, 6.45) is 1.29. The molecule has 1 heterocycles. The summed E-state index contributed by atoms with van der Waals surface area (Å²) in [4.78, 5) is 12.8. The molecule has 0 bridgehead atoms. The Morgan fingerprint density at radius 2 is 2.47 bits per heavy atom. The highest BCUT2D eigenvalue weighted by Gasteiger charge is 2.23. The predicted octanol–water partition coefficient (Wildman–Crippen LogP) is 2.00. The first-order chi connectivity index (χ1) is 8.26. The normalized spacial score (nSPS) is 17.9. The van der Waals surface area contributed by atoms with Gasteiger partial charge in [-0.3, -0.25) is 4.79 Å². The first kappa shape index (κ1) is 11.5. The minimum atomic E-state index is 0.248. The van der Waals surface area contributed by atoms with Crippen LogP contribution in [0.1, 0.15) is 23.7 Å². The Hall–Kier alpha value is -2.02. The van der Waals surface area contributed by atoms with E-state index in [-0.39, 0.29) is 6.04 Å². The highest BCUT2D eigenvalue weighted by molar-refractivity contribution is 5.78.